The average molecular weight is 153 g/mol. The lowest BCUT2D eigenvalue weighted by molar-refractivity contribution is -0.115. The van der Waals surface area contributed by atoms with E-state index in [4.69, 9.17) is 0 Å². The van der Waals surface area contributed by atoms with Crippen LogP contribution < -0.4 is 0 Å². The lowest BCUT2D eigenvalue weighted by Crippen LogP contribution is -2.22. The summed E-state index contributed by atoms with van der Waals surface area (Å²) in [5.41, 5.74) is 1.01. The van der Waals surface area contributed by atoms with Crippen molar-refractivity contribution < 1.29 is 4.79 Å². The van der Waals surface area contributed by atoms with Crippen LogP contribution in [0.4, 0.5) is 0 Å². The van der Waals surface area contributed by atoms with E-state index in [0.29, 0.717) is 5.78 Å². The summed E-state index contributed by atoms with van der Waals surface area (Å²) in [6.45, 7) is 3.93. The molecular formula is C9H15NO. The molecule has 0 spiro atoms. The zero-order valence-corrected chi connectivity index (χ0v) is 7.26. The molecule has 1 aliphatic carbocycles. The highest BCUT2D eigenvalue weighted by Gasteiger charge is 2.15. The van der Waals surface area contributed by atoms with Crippen molar-refractivity contribution in [2.75, 3.05) is 20.1 Å². The molecule has 2 heteroatoms. The minimum atomic E-state index is 0.338. The SMILES string of the molecule is CCN(C)CC1=CCCC1=O. The number of Topliss-reactive ketones (excluding diaryl/α,β-unsaturated/α-hetero) is 1. The van der Waals surface area contributed by atoms with Crippen LogP contribution in [0.3, 0.4) is 0 Å². The molecule has 0 aromatic rings. The number of nitrogens with zero attached hydrogens (tertiary/aromatic N) is 1. The van der Waals surface area contributed by atoms with Gasteiger partial charge in [0.05, 0.1) is 0 Å². The summed E-state index contributed by atoms with van der Waals surface area (Å²) in [5, 5.41) is 0. The molecule has 0 aromatic carbocycles. The lowest BCUT2D eigenvalue weighted by Gasteiger charge is -2.13. The Morgan fingerprint density at radius 1 is 1.64 bits per heavy atom. The third-order valence-corrected chi connectivity index (χ3v) is 2.10. The van der Waals surface area contributed by atoms with E-state index in [9.17, 15) is 4.79 Å². The molecular weight excluding hydrogens is 138 g/mol. The van der Waals surface area contributed by atoms with Crippen LogP contribution in [-0.2, 0) is 4.79 Å². The standard InChI is InChI=1S/C9H15NO/c1-3-10(2)7-8-5-4-6-9(8)11/h5H,3-4,6-7H2,1-2H3. The maximum atomic E-state index is 11.1. The zero-order chi connectivity index (χ0) is 8.27. The van der Waals surface area contributed by atoms with E-state index in [1.165, 1.54) is 0 Å². The quantitative estimate of drug-likeness (QED) is 0.607. The second kappa shape index (κ2) is 3.67. The van der Waals surface area contributed by atoms with Crippen LogP contribution in [0.2, 0.25) is 0 Å². The largest absolute Gasteiger partial charge is 0.302 e. The first-order valence-electron chi connectivity index (χ1n) is 4.14. The highest BCUT2D eigenvalue weighted by atomic mass is 16.1. The molecule has 0 bridgehead atoms. The van der Waals surface area contributed by atoms with Gasteiger partial charge in [-0.1, -0.05) is 13.0 Å². The maximum Gasteiger partial charge on any atom is 0.160 e. The molecule has 2 nitrogen and oxygen atoms in total. The first-order chi connectivity index (χ1) is 5.24. The summed E-state index contributed by atoms with van der Waals surface area (Å²) in [6, 6.07) is 0. The van der Waals surface area contributed by atoms with Crippen LogP contribution in [0, 0.1) is 0 Å². The highest BCUT2D eigenvalue weighted by molar-refractivity contribution is 5.97. The van der Waals surface area contributed by atoms with Gasteiger partial charge in [-0.25, -0.2) is 0 Å². The van der Waals surface area contributed by atoms with Gasteiger partial charge in [0.25, 0.3) is 0 Å². The van der Waals surface area contributed by atoms with E-state index < -0.39 is 0 Å². The van der Waals surface area contributed by atoms with E-state index in [0.717, 1.165) is 31.5 Å². The normalized spacial score (nSPS) is 17.7. The van der Waals surface area contributed by atoms with Gasteiger partial charge in [-0.2, -0.15) is 0 Å². The van der Waals surface area contributed by atoms with Crippen molar-refractivity contribution in [3.8, 4) is 0 Å². The topological polar surface area (TPSA) is 20.3 Å². The lowest BCUT2D eigenvalue weighted by atomic mass is 10.2. The molecule has 0 atom stereocenters. The minimum absolute atomic E-state index is 0.338. The molecule has 11 heavy (non-hydrogen) atoms. The van der Waals surface area contributed by atoms with Gasteiger partial charge in [0.2, 0.25) is 0 Å². The van der Waals surface area contributed by atoms with Crippen LogP contribution in [0.15, 0.2) is 11.6 Å². The first kappa shape index (κ1) is 8.47. The number of ketones is 1. The van der Waals surface area contributed by atoms with Crippen molar-refractivity contribution in [3.05, 3.63) is 11.6 Å². The Labute approximate surface area is 67.9 Å². The molecule has 0 fully saturated rings. The van der Waals surface area contributed by atoms with E-state index in [2.05, 4.69) is 17.9 Å². The van der Waals surface area contributed by atoms with E-state index in [1.807, 2.05) is 7.05 Å². The summed E-state index contributed by atoms with van der Waals surface area (Å²) < 4.78 is 0. The zero-order valence-electron chi connectivity index (χ0n) is 7.26. The molecule has 0 aliphatic heterocycles. The molecule has 62 valence electrons. The smallest absolute Gasteiger partial charge is 0.160 e. The van der Waals surface area contributed by atoms with Crippen molar-refractivity contribution in [1.29, 1.82) is 0 Å². The van der Waals surface area contributed by atoms with E-state index >= 15 is 0 Å². The Kier molecular flexibility index (Phi) is 2.83. The Morgan fingerprint density at radius 3 is 2.82 bits per heavy atom. The van der Waals surface area contributed by atoms with Gasteiger partial charge < -0.3 is 4.90 Å². The van der Waals surface area contributed by atoms with Gasteiger partial charge in [0.1, 0.15) is 0 Å². The molecule has 0 radical (unpaired) electrons. The second-order valence-corrected chi connectivity index (χ2v) is 3.02. The molecule has 1 rings (SSSR count). The number of allylic oxidation sites excluding steroid dienone is 1. The molecule has 0 heterocycles. The fourth-order valence-electron chi connectivity index (χ4n) is 1.21. The molecule has 0 unspecified atom stereocenters. The minimum Gasteiger partial charge on any atom is -0.302 e. The number of carbonyl (C=O) groups excluding carboxylic acids is 1. The average Bonchev–Trinajstić information content (AvgIpc) is 2.37. The molecule has 0 aromatic heterocycles. The van der Waals surface area contributed by atoms with Crippen LogP contribution in [0.5, 0.6) is 0 Å². The van der Waals surface area contributed by atoms with Crippen molar-refractivity contribution >= 4 is 5.78 Å². The highest BCUT2D eigenvalue weighted by Crippen LogP contribution is 2.13. The van der Waals surface area contributed by atoms with Gasteiger partial charge in [0, 0.05) is 18.5 Å². The molecule has 0 amide bonds. The number of likely N-dealkylation sites (N-methyl/N-ethyl adjacent to an activating group) is 1. The summed E-state index contributed by atoms with van der Waals surface area (Å²) in [6.07, 6.45) is 3.74. The Balaban J connectivity index is 2.42. The molecule has 0 N–H and O–H groups in total. The number of rotatable bonds is 3. The summed E-state index contributed by atoms with van der Waals surface area (Å²) in [7, 11) is 2.03. The van der Waals surface area contributed by atoms with Crippen molar-refractivity contribution in [2.45, 2.75) is 19.8 Å². The molecule has 1 aliphatic rings. The third-order valence-electron chi connectivity index (χ3n) is 2.10. The van der Waals surface area contributed by atoms with Crippen molar-refractivity contribution in [3.63, 3.8) is 0 Å². The fourth-order valence-corrected chi connectivity index (χ4v) is 1.21. The number of hydrogen-bond acceptors (Lipinski definition) is 2. The third kappa shape index (κ3) is 2.15. The molecule has 0 saturated heterocycles. The summed E-state index contributed by atoms with van der Waals surface area (Å²) in [4.78, 5) is 13.3. The number of hydrogen-bond donors (Lipinski definition) is 0. The van der Waals surface area contributed by atoms with Gasteiger partial charge in [0.15, 0.2) is 5.78 Å². The number of carbonyl (C=O) groups is 1. The Hall–Kier alpha value is -0.630. The maximum absolute atomic E-state index is 11.1. The second-order valence-electron chi connectivity index (χ2n) is 3.02. The monoisotopic (exact) mass is 153 g/mol. The van der Waals surface area contributed by atoms with Gasteiger partial charge in [-0.3, -0.25) is 4.79 Å². The predicted molar refractivity (Wildman–Crippen MR) is 45.5 cm³/mol. The van der Waals surface area contributed by atoms with E-state index in [1.54, 1.807) is 0 Å². The Bertz CT molecular complexity index is 184. The summed E-state index contributed by atoms with van der Waals surface area (Å²) >= 11 is 0. The van der Waals surface area contributed by atoms with Gasteiger partial charge >= 0.3 is 0 Å². The van der Waals surface area contributed by atoms with Crippen LogP contribution >= 0.6 is 0 Å². The predicted octanol–water partition coefficient (Wildman–Crippen LogP) is 1.23. The van der Waals surface area contributed by atoms with Crippen molar-refractivity contribution in [2.24, 2.45) is 0 Å². The van der Waals surface area contributed by atoms with Gasteiger partial charge in [-0.05, 0) is 20.0 Å². The van der Waals surface area contributed by atoms with E-state index in [-0.39, 0.29) is 0 Å². The van der Waals surface area contributed by atoms with Crippen molar-refractivity contribution in [1.82, 2.24) is 4.90 Å². The first-order valence-corrected chi connectivity index (χ1v) is 4.14. The summed E-state index contributed by atoms with van der Waals surface area (Å²) in [5.74, 6) is 0.338. The molecule has 0 saturated carbocycles. The van der Waals surface area contributed by atoms with Crippen LogP contribution in [0.25, 0.3) is 0 Å². The van der Waals surface area contributed by atoms with Crippen LogP contribution in [0.1, 0.15) is 19.8 Å². The fraction of sp³-hybridized carbons (Fsp3) is 0.667. The Morgan fingerprint density at radius 2 is 2.36 bits per heavy atom. The van der Waals surface area contributed by atoms with Crippen LogP contribution in [-0.4, -0.2) is 30.8 Å². The van der Waals surface area contributed by atoms with Gasteiger partial charge in [-0.15, -0.1) is 0 Å².